The van der Waals surface area contributed by atoms with Gasteiger partial charge in [0.15, 0.2) is 0 Å². The Morgan fingerprint density at radius 2 is 1.88 bits per heavy atom. The molecule has 1 aromatic carbocycles. The van der Waals surface area contributed by atoms with E-state index in [1.54, 1.807) is 0 Å². The van der Waals surface area contributed by atoms with Gasteiger partial charge in [0.1, 0.15) is 5.75 Å². The lowest BCUT2D eigenvalue weighted by molar-refractivity contribution is -0.136. The fourth-order valence-electron chi connectivity index (χ4n) is 4.36. The fraction of sp³-hybridized carbons (Fsp3) is 0.667. The maximum Gasteiger partial charge on any atom is 0.237 e. The highest BCUT2D eigenvalue weighted by Crippen LogP contribution is 2.33. The molecule has 0 radical (unpaired) electrons. The number of amides is 1. The van der Waals surface area contributed by atoms with Gasteiger partial charge in [0.2, 0.25) is 5.91 Å². The number of hydrogen-bond acceptors (Lipinski definition) is 3. The summed E-state index contributed by atoms with van der Waals surface area (Å²) in [6.07, 6.45) is 6.98. The summed E-state index contributed by atoms with van der Waals surface area (Å²) < 4.78 is 5.54. The summed E-state index contributed by atoms with van der Waals surface area (Å²) in [5, 5.41) is 0. The van der Waals surface area contributed by atoms with E-state index in [9.17, 15) is 4.79 Å². The van der Waals surface area contributed by atoms with Gasteiger partial charge < -0.3 is 9.64 Å². The standard InChI is InChI=1S/C21H32N2O2/c1-3-18-8-5-6-15-23(18)21(24)16-22-14-7-9-20(22)17-10-12-19(13-11-17)25-4-2/h10-13,18,20H,3-9,14-16H2,1-2H3/t18-,20-/m1/s1. The van der Waals surface area contributed by atoms with E-state index >= 15 is 0 Å². The topological polar surface area (TPSA) is 32.8 Å². The summed E-state index contributed by atoms with van der Waals surface area (Å²) in [7, 11) is 0. The van der Waals surface area contributed by atoms with Crippen LogP contribution in [0, 0.1) is 0 Å². The van der Waals surface area contributed by atoms with Crippen molar-refractivity contribution >= 4 is 5.91 Å². The Morgan fingerprint density at radius 3 is 2.60 bits per heavy atom. The molecule has 25 heavy (non-hydrogen) atoms. The zero-order chi connectivity index (χ0) is 17.6. The van der Waals surface area contributed by atoms with Crippen LogP contribution < -0.4 is 4.74 Å². The predicted octanol–water partition coefficient (Wildman–Crippen LogP) is 4.01. The quantitative estimate of drug-likeness (QED) is 0.781. The van der Waals surface area contributed by atoms with Crippen LogP contribution in [0.25, 0.3) is 0 Å². The van der Waals surface area contributed by atoms with Crippen molar-refractivity contribution in [2.45, 2.75) is 64.5 Å². The number of benzene rings is 1. The van der Waals surface area contributed by atoms with Gasteiger partial charge in [-0.05, 0) is 69.7 Å². The largest absolute Gasteiger partial charge is 0.494 e. The van der Waals surface area contributed by atoms with Gasteiger partial charge in [-0.15, -0.1) is 0 Å². The molecule has 2 atom stereocenters. The van der Waals surface area contributed by atoms with Gasteiger partial charge in [-0.2, -0.15) is 0 Å². The summed E-state index contributed by atoms with van der Waals surface area (Å²) in [6.45, 7) is 7.43. The Morgan fingerprint density at radius 1 is 1.08 bits per heavy atom. The molecular weight excluding hydrogens is 312 g/mol. The molecule has 3 rings (SSSR count). The van der Waals surface area contributed by atoms with Crippen LogP contribution in [0.5, 0.6) is 5.75 Å². The van der Waals surface area contributed by atoms with Crippen LogP contribution in [0.15, 0.2) is 24.3 Å². The molecule has 0 saturated carbocycles. The van der Waals surface area contributed by atoms with Crippen LogP contribution in [0.3, 0.4) is 0 Å². The fourth-order valence-corrected chi connectivity index (χ4v) is 4.36. The van der Waals surface area contributed by atoms with Crippen molar-refractivity contribution in [1.29, 1.82) is 0 Å². The molecule has 1 amide bonds. The highest BCUT2D eigenvalue weighted by Gasteiger charge is 2.31. The normalized spacial score (nSPS) is 24.5. The number of nitrogens with zero attached hydrogens (tertiary/aromatic N) is 2. The monoisotopic (exact) mass is 344 g/mol. The first kappa shape index (κ1) is 18.2. The van der Waals surface area contributed by atoms with E-state index in [0.717, 1.165) is 38.1 Å². The van der Waals surface area contributed by atoms with Crippen molar-refractivity contribution in [3.8, 4) is 5.75 Å². The number of carbonyl (C=O) groups excluding carboxylic acids is 1. The smallest absolute Gasteiger partial charge is 0.237 e. The summed E-state index contributed by atoms with van der Waals surface area (Å²) in [5.74, 6) is 1.25. The van der Waals surface area contributed by atoms with Crippen LogP contribution in [0.2, 0.25) is 0 Å². The average Bonchev–Trinajstić information content (AvgIpc) is 3.10. The first-order valence-electron chi connectivity index (χ1n) is 9.99. The van der Waals surface area contributed by atoms with Crippen LogP contribution in [0.4, 0.5) is 0 Å². The maximum absolute atomic E-state index is 12.9. The summed E-state index contributed by atoms with van der Waals surface area (Å²) in [5.41, 5.74) is 1.31. The highest BCUT2D eigenvalue weighted by atomic mass is 16.5. The minimum absolute atomic E-state index is 0.324. The second-order valence-corrected chi connectivity index (χ2v) is 7.28. The van der Waals surface area contributed by atoms with Crippen molar-refractivity contribution < 1.29 is 9.53 Å². The van der Waals surface area contributed by atoms with Crippen LogP contribution in [-0.2, 0) is 4.79 Å². The Labute approximate surface area is 152 Å². The molecule has 2 fully saturated rings. The first-order valence-corrected chi connectivity index (χ1v) is 9.99. The summed E-state index contributed by atoms with van der Waals surface area (Å²) in [4.78, 5) is 17.4. The third-order valence-electron chi connectivity index (χ3n) is 5.70. The molecule has 2 aliphatic heterocycles. The van der Waals surface area contributed by atoms with E-state index in [0.29, 0.717) is 31.1 Å². The lowest BCUT2D eigenvalue weighted by atomic mass is 10.00. The molecule has 2 aliphatic rings. The molecule has 0 unspecified atom stereocenters. The zero-order valence-electron chi connectivity index (χ0n) is 15.7. The van der Waals surface area contributed by atoms with Crippen molar-refractivity contribution in [1.82, 2.24) is 9.80 Å². The van der Waals surface area contributed by atoms with Crippen LogP contribution >= 0.6 is 0 Å². The van der Waals surface area contributed by atoms with E-state index in [2.05, 4.69) is 41.0 Å². The van der Waals surface area contributed by atoms with Gasteiger partial charge in [0.05, 0.1) is 13.2 Å². The Bertz CT molecular complexity index is 558. The third kappa shape index (κ3) is 4.35. The van der Waals surface area contributed by atoms with Gasteiger partial charge in [-0.1, -0.05) is 19.1 Å². The molecule has 4 heteroatoms. The molecule has 0 spiro atoms. The molecule has 4 nitrogen and oxygen atoms in total. The molecular formula is C21H32N2O2. The molecule has 0 bridgehead atoms. The van der Waals surface area contributed by atoms with Gasteiger partial charge in [-0.25, -0.2) is 0 Å². The summed E-state index contributed by atoms with van der Waals surface area (Å²) in [6, 6.07) is 9.24. The Hall–Kier alpha value is -1.55. The minimum atomic E-state index is 0.324. The molecule has 2 heterocycles. The van der Waals surface area contributed by atoms with Crippen LogP contribution in [-0.4, -0.2) is 48.0 Å². The molecule has 0 aliphatic carbocycles. The van der Waals surface area contributed by atoms with E-state index in [1.807, 2.05) is 6.92 Å². The number of likely N-dealkylation sites (tertiary alicyclic amines) is 2. The molecule has 1 aromatic rings. The summed E-state index contributed by atoms with van der Waals surface area (Å²) >= 11 is 0. The first-order chi connectivity index (χ1) is 12.2. The van der Waals surface area contributed by atoms with E-state index in [1.165, 1.54) is 24.8 Å². The lowest BCUT2D eigenvalue weighted by Gasteiger charge is -2.37. The Kier molecular flexibility index (Phi) is 6.35. The molecule has 2 saturated heterocycles. The number of carbonyl (C=O) groups is 1. The van der Waals surface area contributed by atoms with E-state index < -0.39 is 0 Å². The highest BCUT2D eigenvalue weighted by molar-refractivity contribution is 5.78. The zero-order valence-corrected chi connectivity index (χ0v) is 15.7. The van der Waals surface area contributed by atoms with E-state index in [4.69, 9.17) is 4.74 Å². The number of ether oxygens (including phenoxy) is 1. The van der Waals surface area contributed by atoms with Gasteiger partial charge >= 0.3 is 0 Å². The molecule has 138 valence electrons. The van der Waals surface area contributed by atoms with Gasteiger partial charge in [0, 0.05) is 18.6 Å². The van der Waals surface area contributed by atoms with E-state index in [-0.39, 0.29) is 0 Å². The number of hydrogen-bond donors (Lipinski definition) is 0. The van der Waals surface area contributed by atoms with Gasteiger partial charge in [-0.3, -0.25) is 9.69 Å². The maximum atomic E-state index is 12.9. The van der Waals surface area contributed by atoms with Crippen molar-refractivity contribution in [2.75, 3.05) is 26.2 Å². The third-order valence-corrected chi connectivity index (χ3v) is 5.70. The lowest BCUT2D eigenvalue weighted by Crippen LogP contribution is -2.47. The van der Waals surface area contributed by atoms with Gasteiger partial charge in [0.25, 0.3) is 0 Å². The van der Waals surface area contributed by atoms with Crippen molar-refractivity contribution in [3.05, 3.63) is 29.8 Å². The van der Waals surface area contributed by atoms with Crippen molar-refractivity contribution in [2.24, 2.45) is 0 Å². The second-order valence-electron chi connectivity index (χ2n) is 7.28. The Balaban J connectivity index is 1.64. The van der Waals surface area contributed by atoms with Crippen molar-refractivity contribution in [3.63, 3.8) is 0 Å². The predicted molar refractivity (Wildman–Crippen MR) is 101 cm³/mol. The second kappa shape index (κ2) is 8.70. The molecule has 0 N–H and O–H groups in total. The molecule has 0 aromatic heterocycles. The van der Waals surface area contributed by atoms with Crippen LogP contribution in [0.1, 0.15) is 64.0 Å². The SMILES string of the molecule is CCOc1ccc([C@H]2CCCN2CC(=O)N2CCCC[C@H]2CC)cc1. The number of rotatable bonds is 6. The number of piperidine rings is 1. The average molecular weight is 344 g/mol. The minimum Gasteiger partial charge on any atom is -0.494 e.